The molecule has 1 aromatic heterocycles. The van der Waals surface area contributed by atoms with Crippen LogP contribution in [0.5, 0.6) is 0 Å². The van der Waals surface area contributed by atoms with E-state index < -0.39 is 0 Å². The number of morpholine rings is 1. The van der Waals surface area contributed by atoms with Gasteiger partial charge in [0.1, 0.15) is 5.82 Å². The van der Waals surface area contributed by atoms with Crippen molar-refractivity contribution in [1.82, 2.24) is 15.2 Å². The molecule has 1 amide bonds. The van der Waals surface area contributed by atoms with Crippen LogP contribution in [-0.4, -0.2) is 74.4 Å². The smallest absolute Gasteiger partial charge is 0.251 e. The minimum atomic E-state index is -0.0795. The Kier molecular flexibility index (Phi) is 6.40. The molecule has 0 aliphatic carbocycles. The standard InChI is InChI=1S/C17H26N4O3/c22-17(20-13-15-2-1-9-24-15)14-3-4-18-16(12-14)19-5-6-21-7-10-23-11-8-21/h3-4,12,15H,1-2,5-11,13H2,(H,18,19)(H,20,22). The molecule has 0 spiro atoms. The number of pyridine rings is 1. The third-order valence-corrected chi connectivity index (χ3v) is 4.37. The zero-order valence-corrected chi connectivity index (χ0v) is 14.0. The summed E-state index contributed by atoms with van der Waals surface area (Å²) in [5.74, 6) is 0.650. The molecule has 2 fully saturated rings. The number of amides is 1. The molecule has 0 saturated carbocycles. The Hall–Kier alpha value is -1.70. The Morgan fingerprint density at radius 1 is 1.33 bits per heavy atom. The predicted molar refractivity (Wildman–Crippen MR) is 91.3 cm³/mol. The van der Waals surface area contributed by atoms with E-state index >= 15 is 0 Å². The number of anilines is 1. The predicted octanol–water partition coefficient (Wildman–Crippen LogP) is 0.735. The molecule has 0 aromatic carbocycles. The van der Waals surface area contributed by atoms with Gasteiger partial charge in [-0.15, -0.1) is 0 Å². The van der Waals surface area contributed by atoms with E-state index in [1.807, 2.05) is 0 Å². The first-order valence-electron chi connectivity index (χ1n) is 8.71. The van der Waals surface area contributed by atoms with E-state index in [1.54, 1.807) is 18.3 Å². The third-order valence-electron chi connectivity index (χ3n) is 4.37. The molecule has 2 aliphatic heterocycles. The lowest BCUT2D eigenvalue weighted by molar-refractivity contribution is 0.0398. The Labute approximate surface area is 142 Å². The Bertz CT molecular complexity index is 528. The van der Waals surface area contributed by atoms with Gasteiger partial charge in [-0.3, -0.25) is 9.69 Å². The number of nitrogens with zero attached hydrogens (tertiary/aromatic N) is 2. The lowest BCUT2D eigenvalue weighted by Crippen LogP contribution is -2.39. The minimum absolute atomic E-state index is 0.0795. The first kappa shape index (κ1) is 17.1. The number of hydrogen-bond donors (Lipinski definition) is 2. The molecule has 132 valence electrons. The van der Waals surface area contributed by atoms with E-state index in [0.717, 1.165) is 64.7 Å². The van der Waals surface area contributed by atoms with Crippen LogP contribution in [0.1, 0.15) is 23.2 Å². The number of nitrogens with one attached hydrogen (secondary N) is 2. The van der Waals surface area contributed by atoms with Gasteiger partial charge >= 0.3 is 0 Å². The largest absolute Gasteiger partial charge is 0.379 e. The fourth-order valence-corrected chi connectivity index (χ4v) is 2.95. The molecule has 24 heavy (non-hydrogen) atoms. The lowest BCUT2D eigenvalue weighted by atomic mass is 10.2. The second kappa shape index (κ2) is 8.96. The van der Waals surface area contributed by atoms with E-state index in [2.05, 4.69) is 20.5 Å². The molecule has 2 saturated heterocycles. The maximum Gasteiger partial charge on any atom is 0.251 e. The van der Waals surface area contributed by atoms with Crippen LogP contribution in [0.4, 0.5) is 5.82 Å². The highest BCUT2D eigenvalue weighted by Crippen LogP contribution is 2.11. The first-order chi connectivity index (χ1) is 11.8. The molecule has 0 radical (unpaired) electrons. The summed E-state index contributed by atoms with van der Waals surface area (Å²) >= 11 is 0. The van der Waals surface area contributed by atoms with Gasteiger partial charge in [-0.05, 0) is 25.0 Å². The second-order valence-corrected chi connectivity index (χ2v) is 6.16. The number of rotatable bonds is 7. The molecule has 0 bridgehead atoms. The van der Waals surface area contributed by atoms with Gasteiger partial charge in [0.25, 0.3) is 5.91 Å². The van der Waals surface area contributed by atoms with Gasteiger partial charge in [0.15, 0.2) is 0 Å². The van der Waals surface area contributed by atoms with Crippen molar-refractivity contribution >= 4 is 11.7 Å². The fourth-order valence-electron chi connectivity index (χ4n) is 2.95. The van der Waals surface area contributed by atoms with Gasteiger partial charge in [0.05, 0.1) is 19.3 Å². The first-order valence-corrected chi connectivity index (χ1v) is 8.71. The molecule has 1 atom stereocenters. The van der Waals surface area contributed by atoms with Crippen LogP contribution in [-0.2, 0) is 9.47 Å². The van der Waals surface area contributed by atoms with Crippen LogP contribution in [0.15, 0.2) is 18.3 Å². The summed E-state index contributed by atoms with van der Waals surface area (Å²) in [5.41, 5.74) is 0.622. The van der Waals surface area contributed by atoms with Crippen molar-refractivity contribution in [2.24, 2.45) is 0 Å². The monoisotopic (exact) mass is 334 g/mol. The maximum atomic E-state index is 12.2. The van der Waals surface area contributed by atoms with Gasteiger partial charge in [-0.1, -0.05) is 0 Å². The molecule has 7 nitrogen and oxygen atoms in total. The number of ether oxygens (including phenoxy) is 2. The van der Waals surface area contributed by atoms with E-state index in [-0.39, 0.29) is 12.0 Å². The van der Waals surface area contributed by atoms with E-state index in [4.69, 9.17) is 9.47 Å². The van der Waals surface area contributed by atoms with Crippen molar-refractivity contribution < 1.29 is 14.3 Å². The molecular weight excluding hydrogens is 308 g/mol. The lowest BCUT2D eigenvalue weighted by Gasteiger charge is -2.26. The quantitative estimate of drug-likeness (QED) is 0.766. The summed E-state index contributed by atoms with van der Waals surface area (Å²) in [4.78, 5) is 18.9. The highest BCUT2D eigenvalue weighted by atomic mass is 16.5. The summed E-state index contributed by atoms with van der Waals surface area (Å²) in [6, 6.07) is 3.53. The summed E-state index contributed by atoms with van der Waals surface area (Å²) in [6.45, 7) is 6.67. The van der Waals surface area contributed by atoms with Crippen LogP contribution < -0.4 is 10.6 Å². The average Bonchev–Trinajstić information content (AvgIpc) is 3.14. The van der Waals surface area contributed by atoms with Crippen LogP contribution in [0.3, 0.4) is 0 Å². The summed E-state index contributed by atoms with van der Waals surface area (Å²) in [6.07, 6.45) is 3.91. The summed E-state index contributed by atoms with van der Waals surface area (Å²) in [5, 5.41) is 6.22. The molecular formula is C17H26N4O3. The highest BCUT2D eigenvalue weighted by Gasteiger charge is 2.17. The third kappa shape index (κ3) is 5.15. The number of carbonyl (C=O) groups is 1. The zero-order chi connectivity index (χ0) is 16.6. The van der Waals surface area contributed by atoms with Gasteiger partial charge in [-0.2, -0.15) is 0 Å². The van der Waals surface area contributed by atoms with Crippen molar-refractivity contribution in [3.63, 3.8) is 0 Å². The fraction of sp³-hybridized carbons (Fsp3) is 0.647. The Balaban J connectivity index is 1.43. The van der Waals surface area contributed by atoms with Gasteiger partial charge in [0, 0.05) is 51.1 Å². The van der Waals surface area contributed by atoms with E-state index in [9.17, 15) is 4.79 Å². The van der Waals surface area contributed by atoms with Crippen LogP contribution in [0, 0.1) is 0 Å². The SMILES string of the molecule is O=C(NCC1CCCO1)c1ccnc(NCCN2CCOCC2)c1. The van der Waals surface area contributed by atoms with Gasteiger partial charge in [-0.25, -0.2) is 4.98 Å². The molecule has 3 rings (SSSR count). The Morgan fingerprint density at radius 2 is 2.21 bits per heavy atom. The Morgan fingerprint density at radius 3 is 3.00 bits per heavy atom. The maximum absolute atomic E-state index is 12.2. The molecule has 2 aliphatic rings. The normalized spacial score (nSPS) is 21.6. The molecule has 1 unspecified atom stereocenters. The number of aromatic nitrogens is 1. The van der Waals surface area contributed by atoms with Crippen LogP contribution in [0.2, 0.25) is 0 Å². The van der Waals surface area contributed by atoms with Crippen molar-refractivity contribution in [3.8, 4) is 0 Å². The van der Waals surface area contributed by atoms with Crippen molar-refractivity contribution in [3.05, 3.63) is 23.9 Å². The van der Waals surface area contributed by atoms with E-state index in [1.165, 1.54) is 0 Å². The molecule has 1 aromatic rings. The zero-order valence-electron chi connectivity index (χ0n) is 14.0. The molecule has 2 N–H and O–H groups in total. The van der Waals surface area contributed by atoms with Crippen molar-refractivity contribution in [1.29, 1.82) is 0 Å². The van der Waals surface area contributed by atoms with Crippen molar-refractivity contribution in [2.45, 2.75) is 18.9 Å². The van der Waals surface area contributed by atoms with Crippen molar-refractivity contribution in [2.75, 3.05) is 57.9 Å². The molecule has 7 heteroatoms. The average molecular weight is 334 g/mol. The minimum Gasteiger partial charge on any atom is -0.379 e. The number of carbonyl (C=O) groups excluding carboxylic acids is 1. The van der Waals surface area contributed by atoms with Crippen LogP contribution >= 0.6 is 0 Å². The van der Waals surface area contributed by atoms with E-state index in [0.29, 0.717) is 12.1 Å². The van der Waals surface area contributed by atoms with Crippen LogP contribution in [0.25, 0.3) is 0 Å². The topological polar surface area (TPSA) is 75.7 Å². The summed E-state index contributed by atoms with van der Waals surface area (Å²) in [7, 11) is 0. The van der Waals surface area contributed by atoms with Gasteiger partial charge < -0.3 is 20.1 Å². The second-order valence-electron chi connectivity index (χ2n) is 6.16. The summed E-state index contributed by atoms with van der Waals surface area (Å²) < 4.78 is 10.9. The number of hydrogen-bond acceptors (Lipinski definition) is 6. The molecule has 3 heterocycles. The highest BCUT2D eigenvalue weighted by molar-refractivity contribution is 5.94. The van der Waals surface area contributed by atoms with Gasteiger partial charge in [0.2, 0.25) is 0 Å².